The summed E-state index contributed by atoms with van der Waals surface area (Å²) in [7, 11) is 1.57. The van der Waals surface area contributed by atoms with Crippen molar-refractivity contribution >= 4 is 28.5 Å². The Balaban J connectivity index is 1.77. The van der Waals surface area contributed by atoms with Crippen LogP contribution in [-0.2, 0) is 6.54 Å². The SMILES string of the molecule is COc1ccccc1C1c2c(oc3ccc(Cl)cc3c2=O)C(=O)N1Cc1ccccc1. The highest BCUT2D eigenvalue weighted by Gasteiger charge is 2.43. The minimum atomic E-state index is -0.640. The van der Waals surface area contributed by atoms with Gasteiger partial charge in [-0.3, -0.25) is 9.59 Å². The van der Waals surface area contributed by atoms with Crippen molar-refractivity contribution in [2.24, 2.45) is 0 Å². The average Bonchev–Trinajstić information content (AvgIpc) is 3.07. The molecule has 154 valence electrons. The Labute approximate surface area is 183 Å². The smallest absolute Gasteiger partial charge is 0.291 e. The number of ether oxygens (including phenoxy) is 1. The second-order valence-electron chi connectivity index (χ2n) is 7.38. The Kier molecular flexibility index (Phi) is 4.75. The summed E-state index contributed by atoms with van der Waals surface area (Å²) < 4.78 is 11.5. The van der Waals surface area contributed by atoms with Crippen molar-refractivity contribution in [3.63, 3.8) is 0 Å². The maximum Gasteiger partial charge on any atom is 0.291 e. The van der Waals surface area contributed by atoms with Crippen LogP contribution in [0.1, 0.15) is 33.3 Å². The lowest BCUT2D eigenvalue weighted by molar-refractivity contribution is 0.0713. The second-order valence-corrected chi connectivity index (χ2v) is 7.81. The molecule has 0 aliphatic carbocycles. The zero-order valence-corrected chi connectivity index (χ0v) is 17.4. The van der Waals surface area contributed by atoms with Gasteiger partial charge in [-0.15, -0.1) is 0 Å². The van der Waals surface area contributed by atoms with Gasteiger partial charge in [0, 0.05) is 17.1 Å². The van der Waals surface area contributed by atoms with Gasteiger partial charge in [0.1, 0.15) is 11.3 Å². The van der Waals surface area contributed by atoms with E-state index in [0.717, 1.165) is 11.1 Å². The van der Waals surface area contributed by atoms with E-state index in [2.05, 4.69) is 0 Å². The van der Waals surface area contributed by atoms with Crippen LogP contribution in [0.25, 0.3) is 11.0 Å². The van der Waals surface area contributed by atoms with Crippen LogP contribution >= 0.6 is 11.6 Å². The van der Waals surface area contributed by atoms with E-state index in [0.29, 0.717) is 33.8 Å². The van der Waals surface area contributed by atoms with Crippen molar-refractivity contribution in [1.29, 1.82) is 0 Å². The quantitative estimate of drug-likeness (QED) is 0.445. The number of hydrogen-bond donors (Lipinski definition) is 0. The normalized spacial score (nSPS) is 15.4. The highest BCUT2D eigenvalue weighted by Crippen LogP contribution is 2.42. The molecule has 0 saturated carbocycles. The minimum Gasteiger partial charge on any atom is -0.496 e. The van der Waals surface area contributed by atoms with Gasteiger partial charge in [0.05, 0.1) is 24.1 Å². The van der Waals surface area contributed by atoms with E-state index < -0.39 is 6.04 Å². The molecular weight excluding hydrogens is 414 g/mol. The Bertz CT molecular complexity index is 1360. The summed E-state index contributed by atoms with van der Waals surface area (Å²) in [6, 6.07) is 21.2. The maximum absolute atomic E-state index is 13.6. The number of carbonyl (C=O) groups is 1. The summed E-state index contributed by atoms with van der Waals surface area (Å²) in [4.78, 5) is 28.7. The predicted octanol–water partition coefficient (Wildman–Crippen LogP) is 5.20. The topological polar surface area (TPSA) is 59.8 Å². The van der Waals surface area contributed by atoms with E-state index in [-0.39, 0.29) is 17.1 Å². The Hall–Kier alpha value is -3.57. The molecule has 5 rings (SSSR count). The van der Waals surface area contributed by atoms with E-state index in [9.17, 15) is 9.59 Å². The van der Waals surface area contributed by atoms with Crippen LogP contribution in [0.5, 0.6) is 5.75 Å². The number of rotatable bonds is 4. The lowest BCUT2D eigenvalue weighted by Gasteiger charge is -2.26. The first-order chi connectivity index (χ1) is 15.1. The molecule has 0 fully saturated rings. The third-order valence-electron chi connectivity index (χ3n) is 5.56. The summed E-state index contributed by atoms with van der Waals surface area (Å²) in [5, 5.41) is 0.777. The number of halogens is 1. The molecule has 0 spiro atoms. The number of methoxy groups -OCH3 is 1. The molecule has 1 unspecified atom stereocenters. The van der Waals surface area contributed by atoms with Crippen molar-refractivity contribution in [3.8, 4) is 5.75 Å². The number of nitrogens with zero attached hydrogens (tertiary/aromatic N) is 1. The highest BCUT2D eigenvalue weighted by atomic mass is 35.5. The lowest BCUT2D eigenvalue weighted by atomic mass is 9.97. The number of para-hydroxylation sites is 1. The molecule has 1 aliphatic rings. The van der Waals surface area contributed by atoms with E-state index >= 15 is 0 Å². The molecule has 1 aliphatic heterocycles. The van der Waals surface area contributed by atoms with Gasteiger partial charge in [-0.1, -0.05) is 60.1 Å². The molecule has 3 aromatic carbocycles. The Morgan fingerprint density at radius 3 is 2.52 bits per heavy atom. The lowest BCUT2D eigenvalue weighted by Crippen LogP contribution is -2.29. The van der Waals surface area contributed by atoms with Crippen LogP contribution in [0.15, 0.2) is 82.0 Å². The minimum absolute atomic E-state index is 0.0617. The van der Waals surface area contributed by atoms with Gasteiger partial charge in [0.2, 0.25) is 5.76 Å². The summed E-state index contributed by atoms with van der Waals surface area (Å²) in [5.74, 6) is 0.326. The summed E-state index contributed by atoms with van der Waals surface area (Å²) in [5.41, 5.74) is 2.05. The van der Waals surface area contributed by atoms with Crippen molar-refractivity contribution in [3.05, 3.63) is 110 Å². The van der Waals surface area contributed by atoms with Crippen LogP contribution < -0.4 is 10.2 Å². The zero-order chi connectivity index (χ0) is 21.5. The molecular formula is C25H18ClNO4. The molecule has 1 amide bonds. The monoisotopic (exact) mass is 431 g/mol. The van der Waals surface area contributed by atoms with Crippen molar-refractivity contribution in [2.45, 2.75) is 12.6 Å². The van der Waals surface area contributed by atoms with Gasteiger partial charge in [-0.05, 0) is 29.8 Å². The first-order valence-electron chi connectivity index (χ1n) is 9.82. The van der Waals surface area contributed by atoms with Crippen LogP contribution in [0, 0.1) is 0 Å². The Morgan fingerprint density at radius 2 is 1.74 bits per heavy atom. The number of benzene rings is 3. The largest absolute Gasteiger partial charge is 0.496 e. The number of fused-ring (bicyclic) bond motifs is 2. The molecule has 0 radical (unpaired) electrons. The van der Waals surface area contributed by atoms with Crippen LogP contribution in [0.3, 0.4) is 0 Å². The van der Waals surface area contributed by atoms with Crippen molar-refractivity contribution in [2.75, 3.05) is 7.11 Å². The number of carbonyl (C=O) groups excluding carboxylic acids is 1. The summed E-state index contributed by atoms with van der Waals surface area (Å²) in [6.45, 7) is 0.323. The number of amides is 1. The zero-order valence-electron chi connectivity index (χ0n) is 16.7. The molecule has 2 heterocycles. The van der Waals surface area contributed by atoms with Gasteiger partial charge in [0.25, 0.3) is 5.91 Å². The molecule has 31 heavy (non-hydrogen) atoms. The van der Waals surface area contributed by atoms with E-state index in [1.807, 2.05) is 54.6 Å². The molecule has 5 nitrogen and oxygen atoms in total. The third kappa shape index (κ3) is 3.18. The summed E-state index contributed by atoms with van der Waals surface area (Å²) in [6.07, 6.45) is 0. The fourth-order valence-electron chi connectivity index (χ4n) is 4.15. The fraction of sp³-hybridized carbons (Fsp3) is 0.120. The fourth-order valence-corrected chi connectivity index (χ4v) is 4.32. The predicted molar refractivity (Wildman–Crippen MR) is 119 cm³/mol. The van der Waals surface area contributed by atoms with Crippen molar-refractivity contribution < 1.29 is 13.9 Å². The molecule has 1 aromatic heterocycles. The van der Waals surface area contributed by atoms with E-state index in [4.69, 9.17) is 20.8 Å². The molecule has 0 bridgehead atoms. The van der Waals surface area contributed by atoms with Gasteiger partial charge in [-0.2, -0.15) is 0 Å². The van der Waals surface area contributed by atoms with Crippen LogP contribution in [0.2, 0.25) is 5.02 Å². The molecule has 1 atom stereocenters. The third-order valence-corrected chi connectivity index (χ3v) is 5.79. The first kappa shape index (κ1) is 19.4. The standard InChI is InChI=1S/C25H18ClNO4/c1-30-19-10-6-5-9-17(19)22-21-23(28)18-13-16(26)11-12-20(18)31-24(21)25(29)27(22)14-15-7-3-2-4-8-15/h2-13,22H,14H2,1H3. The van der Waals surface area contributed by atoms with Crippen molar-refractivity contribution in [1.82, 2.24) is 4.90 Å². The van der Waals surface area contributed by atoms with Gasteiger partial charge >= 0.3 is 0 Å². The average molecular weight is 432 g/mol. The van der Waals surface area contributed by atoms with E-state index in [1.54, 1.807) is 30.2 Å². The van der Waals surface area contributed by atoms with Gasteiger partial charge in [-0.25, -0.2) is 0 Å². The maximum atomic E-state index is 13.6. The Morgan fingerprint density at radius 1 is 1.00 bits per heavy atom. The van der Waals surface area contributed by atoms with Crippen LogP contribution in [0.4, 0.5) is 0 Å². The van der Waals surface area contributed by atoms with E-state index in [1.165, 1.54) is 0 Å². The van der Waals surface area contributed by atoms with Gasteiger partial charge < -0.3 is 14.1 Å². The van der Waals surface area contributed by atoms with Crippen LogP contribution in [-0.4, -0.2) is 17.9 Å². The summed E-state index contributed by atoms with van der Waals surface area (Å²) >= 11 is 6.13. The molecule has 0 saturated heterocycles. The van der Waals surface area contributed by atoms with Gasteiger partial charge in [0.15, 0.2) is 5.43 Å². The molecule has 6 heteroatoms. The highest BCUT2D eigenvalue weighted by molar-refractivity contribution is 6.31. The molecule has 4 aromatic rings. The first-order valence-corrected chi connectivity index (χ1v) is 10.2. The number of hydrogen-bond acceptors (Lipinski definition) is 4. The molecule has 0 N–H and O–H groups in total. The second kappa shape index (κ2) is 7.60.